The summed E-state index contributed by atoms with van der Waals surface area (Å²) in [5, 5.41) is 3.28. The first-order chi connectivity index (χ1) is 13.5. The number of ether oxygens (including phenoxy) is 1. The molecule has 0 heterocycles. The van der Waals surface area contributed by atoms with E-state index in [2.05, 4.69) is 5.32 Å². The molecular weight excluding hydrogens is 376 g/mol. The molecule has 0 aliphatic carbocycles. The van der Waals surface area contributed by atoms with Crippen LogP contribution in [0.15, 0.2) is 54.6 Å². The number of amides is 2. The highest BCUT2D eigenvalue weighted by Crippen LogP contribution is 2.16. The van der Waals surface area contributed by atoms with E-state index in [1.807, 2.05) is 30.3 Å². The number of carbonyl (C=O) groups excluding carboxylic acids is 2. The van der Waals surface area contributed by atoms with Gasteiger partial charge in [0.15, 0.2) is 0 Å². The van der Waals surface area contributed by atoms with Gasteiger partial charge in [-0.05, 0) is 49.6 Å². The fourth-order valence-corrected chi connectivity index (χ4v) is 2.99. The molecule has 0 fully saturated rings. The maximum absolute atomic E-state index is 12.8. The summed E-state index contributed by atoms with van der Waals surface area (Å²) < 4.78 is 5.64. The molecule has 1 N–H and O–H groups in total. The van der Waals surface area contributed by atoms with Crippen molar-refractivity contribution in [1.29, 1.82) is 0 Å². The minimum atomic E-state index is -0.515. The number of likely N-dealkylation sites (N-methyl/N-ethyl adjacent to an activating group) is 1. The van der Waals surface area contributed by atoms with E-state index in [0.717, 1.165) is 11.3 Å². The molecule has 2 aromatic carbocycles. The highest BCUT2D eigenvalue weighted by atomic mass is 35.5. The summed E-state index contributed by atoms with van der Waals surface area (Å²) in [4.78, 5) is 26.5. The van der Waals surface area contributed by atoms with Gasteiger partial charge in [0.25, 0.3) is 0 Å². The van der Waals surface area contributed by atoms with Gasteiger partial charge in [0.1, 0.15) is 11.8 Å². The van der Waals surface area contributed by atoms with Crippen molar-refractivity contribution in [3.8, 4) is 5.75 Å². The molecule has 0 unspecified atom stereocenters. The number of rotatable bonds is 10. The smallest absolute Gasteiger partial charge is 0.242 e. The lowest BCUT2D eigenvalue weighted by molar-refractivity contribution is -0.139. The number of halogens is 1. The Bertz CT molecular complexity index is 750. The Balaban J connectivity index is 1.88. The molecule has 0 spiro atoms. The van der Waals surface area contributed by atoms with E-state index in [9.17, 15) is 9.59 Å². The van der Waals surface area contributed by atoms with Crippen LogP contribution in [0, 0.1) is 0 Å². The van der Waals surface area contributed by atoms with E-state index in [0.29, 0.717) is 37.4 Å². The van der Waals surface area contributed by atoms with Crippen molar-refractivity contribution < 1.29 is 14.3 Å². The predicted molar refractivity (Wildman–Crippen MR) is 112 cm³/mol. The molecule has 0 saturated carbocycles. The van der Waals surface area contributed by atoms with Gasteiger partial charge in [-0.2, -0.15) is 0 Å². The van der Waals surface area contributed by atoms with Crippen molar-refractivity contribution in [3.63, 3.8) is 0 Å². The quantitative estimate of drug-likeness (QED) is 0.616. The third-order valence-corrected chi connectivity index (χ3v) is 4.77. The fraction of sp³-hybridized carbons (Fsp3) is 0.364. The van der Waals surface area contributed by atoms with Crippen LogP contribution in [0.1, 0.15) is 25.3 Å². The van der Waals surface area contributed by atoms with Crippen LogP contribution in [0.5, 0.6) is 5.75 Å². The number of carbonyl (C=O) groups is 2. The van der Waals surface area contributed by atoms with Crippen molar-refractivity contribution in [2.75, 3.05) is 20.2 Å². The van der Waals surface area contributed by atoms with Gasteiger partial charge in [0.05, 0.1) is 6.61 Å². The molecule has 0 saturated heterocycles. The molecule has 5 nitrogen and oxygen atoms in total. The van der Waals surface area contributed by atoms with Crippen molar-refractivity contribution in [3.05, 3.63) is 65.2 Å². The summed E-state index contributed by atoms with van der Waals surface area (Å²) in [5.74, 6) is 0.502. The Morgan fingerprint density at radius 3 is 2.43 bits per heavy atom. The van der Waals surface area contributed by atoms with Crippen molar-refractivity contribution >= 4 is 23.4 Å². The predicted octanol–water partition coefficient (Wildman–Crippen LogP) is 3.70. The molecule has 0 aliphatic heterocycles. The molecule has 0 radical (unpaired) electrons. The van der Waals surface area contributed by atoms with E-state index in [1.54, 1.807) is 43.1 Å². The Hall–Kier alpha value is -2.53. The molecule has 0 bridgehead atoms. The first-order valence-corrected chi connectivity index (χ1v) is 9.82. The van der Waals surface area contributed by atoms with Crippen LogP contribution < -0.4 is 10.1 Å². The zero-order valence-corrected chi connectivity index (χ0v) is 17.1. The molecule has 0 aliphatic rings. The summed E-state index contributed by atoms with van der Waals surface area (Å²) in [7, 11) is 1.58. The lowest BCUT2D eigenvalue weighted by Gasteiger charge is -2.28. The summed E-state index contributed by atoms with van der Waals surface area (Å²) >= 11 is 5.85. The summed E-state index contributed by atoms with van der Waals surface area (Å²) in [6.45, 7) is 2.68. The van der Waals surface area contributed by atoms with E-state index >= 15 is 0 Å². The van der Waals surface area contributed by atoms with Crippen LogP contribution in [0.2, 0.25) is 5.02 Å². The largest absolute Gasteiger partial charge is 0.494 e. The topological polar surface area (TPSA) is 58.6 Å². The molecule has 6 heteroatoms. The fourth-order valence-electron chi connectivity index (χ4n) is 2.87. The average Bonchev–Trinajstić information content (AvgIpc) is 2.72. The molecule has 28 heavy (non-hydrogen) atoms. The van der Waals surface area contributed by atoms with Crippen LogP contribution >= 0.6 is 11.6 Å². The van der Waals surface area contributed by atoms with E-state index in [4.69, 9.17) is 16.3 Å². The Morgan fingerprint density at radius 2 is 1.79 bits per heavy atom. The van der Waals surface area contributed by atoms with Crippen LogP contribution in [-0.2, 0) is 16.0 Å². The normalized spacial score (nSPS) is 11.5. The summed E-state index contributed by atoms with van der Waals surface area (Å²) in [5.41, 5.74) is 1.13. The average molecular weight is 403 g/mol. The Morgan fingerprint density at radius 1 is 1.11 bits per heavy atom. The SMILES string of the molecule is CNC(=O)[C@@H](C)N(CCc1ccccc1)C(=O)CCCOc1ccc(Cl)cc1. The summed E-state index contributed by atoms with van der Waals surface area (Å²) in [6.07, 6.45) is 1.60. The standard InChI is InChI=1S/C22H27ClN2O3/c1-17(22(27)24-2)25(15-14-18-7-4-3-5-8-18)21(26)9-6-16-28-20-12-10-19(23)11-13-20/h3-5,7-8,10-13,17H,6,9,14-16H2,1-2H3,(H,24,27)/t17-/m1/s1. The molecular formula is C22H27ClN2O3. The number of nitrogens with one attached hydrogen (secondary N) is 1. The lowest BCUT2D eigenvalue weighted by atomic mass is 10.1. The van der Waals surface area contributed by atoms with Crippen LogP contribution in [0.3, 0.4) is 0 Å². The Kier molecular flexibility index (Phi) is 8.82. The highest BCUT2D eigenvalue weighted by Gasteiger charge is 2.24. The minimum absolute atomic E-state index is 0.0493. The van der Waals surface area contributed by atoms with E-state index in [-0.39, 0.29) is 11.8 Å². The second-order valence-electron chi connectivity index (χ2n) is 6.52. The van der Waals surface area contributed by atoms with Crippen LogP contribution in [0.25, 0.3) is 0 Å². The van der Waals surface area contributed by atoms with Gasteiger partial charge in [-0.3, -0.25) is 9.59 Å². The maximum atomic E-state index is 12.8. The first-order valence-electron chi connectivity index (χ1n) is 9.44. The second-order valence-corrected chi connectivity index (χ2v) is 6.96. The number of hydrogen-bond acceptors (Lipinski definition) is 3. The zero-order valence-electron chi connectivity index (χ0n) is 16.4. The Labute approximate surface area is 171 Å². The van der Waals surface area contributed by atoms with Gasteiger partial charge in [0.2, 0.25) is 11.8 Å². The molecule has 1 atom stereocenters. The lowest BCUT2D eigenvalue weighted by Crippen LogP contribution is -2.48. The molecule has 0 aromatic heterocycles. The maximum Gasteiger partial charge on any atom is 0.242 e. The highest BCUT2D eigenvalue weighted by molar-refractivity contribution is 6.30. The number of benzene rings is 2. The first kappa shape index (κ1) is 21.8. The zero-order chi connectivity index (χ0) is 20.4. The number of hydrogen-bond donors (Lipinski definition) is 1. The third kappa shape index (κ3) is 6.89. The second kappa shape index (κ2) is 11.3. The summed E-state index contributed by atoms with van der Waals surface area (Å²) in [6, 6.07) is 16.5. The monoisotopic (exact) mass is 402 g/mol. The van der Waals surface area contributed by atoms with Crippen LogP contribution in [-0.4, -0.2) is 43.0 Å². The van der Waals surface area contributed by atoms with Gasteiger partial charge in [-0.25, -0.2) is 0 Å². The number of nitrogens with zero attached hydrogens (tertiary/aromatic N) is 1. The van der Waals surface area contributed by atoms with Gasteiger partial charge in [-0.1, -0.05) is 41.9 Å². The molecule has 2 aromatic rings. The minimum Gasteiger partial charge on any atom is -0.494 e. The third-order valence-electron chi connectivity index (χ3n) is 4.52. The van der Waals surface area contributed by atoms with Crippen molar-refractivity contribution in [2.24, 2.45) is 0 Å². The van der Waals surface area contributed by atoms with Crippen molar-refractivity contribution in [1.82, 2.24) is 10.2 Å². The van der Waals surface area contributed by atoms with E-state index in [1.165, 1.54) is 0 Å². The van der Waals surface area contributed by atoms with Crippen LogP contribution in [0.4, 0.5) is 0 Å². The molecule has 2 rings (SSSR count). The van der Waals surface area contributed by atoms with Gasteiger partial charge in [-0.15, -0.1) is 0 Å². The van der Waals surface area contributed by atoms with E-state index < -0.39 is 6.04 Å². The van der Waals surface area contributed by atoms with Gasteiger partial charge in [0, 0.05) is 25.0 Å². The molecule has 150 valence electrons. The van der Waals surface area contributed by atoms with Gasteiger partial charge >= 0.3 is 0 Å². The molecule has 2 amide bonds. The van der Waals surface area contributed by atoms with Crippen molar-refractivity contribution in [2.45, 2.75) is 32.2 Å². The van der Waals surface area contributed by atoms with Gasteiger partial charge < -0.3 is 15.0 Å².